The first-order valence-electron chi connectivity index (χ1n) is 8.58. The van der Waals surface area contributed by atoms with Crippen molar-refractivity contribution < 1.29 is 0 Å². The fourth-order valence-electron chi connectivity index (χ4n) is 3.18. The number of hydrogen-bond acceptors (Lipinski definition) is 3. The van der Waals surface area contributed by atoms with Crippen LogP contribution < -0.4 is 5.56 Å². The Bertz CT molecular complexity index is 1180. The van der Waals surface area contributed by atoms with Gasteiger partial charge in [0.25, 0.3) is 5.56 Å². The molecule has 0 unspecified atom stereocenters. The molecule has 4 aromatic rings. The lowest BCUT2D eigenvalue weighted by Crippen LogP contribution is -2.24. The SMILES string of the molecule is Cc1ccc(-n2nc(C)c3cnn(-c4cccc(C)c4C)c3c2=O)cc1. The van der Waals surface area contributed by atoms with Gasteiger partial charge < -0.3 is 0 Å². The molecule has 2 aromatic heterocycles. The molecule has 0 bridgehead atoms. The molecule has 0 spiro atoms. The van der Waals surface area contributed by atoms with Crippen molar-refractivity contribution in [3.8, 4) is 11.4 Å². The lowest BCUT2D eigenvalue weighted by atomic mass is 10.1. The van der Waals surface area contributed by atoms with Gasteiger partial charge in [-0.15, -0.1) is 0 Å². The highest BCUT2D eigenvalue weighted by atomic mass is 16.1. The first-order chi connectivity index (χ1) is 12.5. The molecule has 2 aromatic carbocycles. The van der Waals surface area contributed by atoms with Crippen LogP contribution in [-0.2, 0) is 0 Å². The third kappa shape index (κ3) is 2.44. The van der Waals surface area contributed by atoms with Gasteiger partial charge in [-0.3, -0.25) is 4.79 Å². The molecule has 0 N–H and O–H groups in total. The van der Waals surface area contributed by atoms with Crippen LogP contribution in [-0.4, -0.2) is 19.6 Å². The van der Waals surface area contributed by atoms with Crippen LogP contribution in [0.15, 0.2) is 53.5 Å². The van der Waals surface area contributed by atoms with Gasteiger partial charge in [0, 0.05) is 5.39 Å². The number of hydrogen-bond donors (Lipinski definition) is 0. The van der Waals surface area contributed by atoms with Crippen LogP contribution in [0.5, 0.6) is 0 Å². The van der Waals surface area contributed by atoms with E-state index in [1.165, 1.54) is 4.68 Å². The van der Waals surface area contributed by atoms with Gasteiger partial charge >= 0.3 is 0 Å². The molecule has 5 heteroatoms. The largest absolute Gasteiger partial charge is 0.298 e. The third-order valence-corrected chi connectivity index (χ3v) is 4.89. The van der Waals surface area contributed by atoms with E-state index >= 15 is 0 Å². The summed E-state index contributed by atoms with van der Waals surface area (Å²) in [5, 5.41) is 9.78. The molecule has 0 radical (unpaired) electrons. The first kappa shape index (κ1) is 16.3. The van der Waals surface area contributed by atoms with E-state index in [9.17, 15) is 4.79 Å². The van der Waals surface area contributed by atoms with Gasteiger partial charge in [-0.1, -0.05) is 29.8 Å². The van der Waals surface area contributed by atoms with Crippen LogP contribution in [0.3, 0.4) is 0 Å². The maximum Gasteiger partial charge on any atom is 0.298 e. The van der Waals surface area contributed by atoms with Gasteiger partial charge in [-0.2, -0.15) is 14.9 Å². The summed E-state index contributed by atoms with van der Waals surface area (Å²) in [6, 6.07) is 13.8. The molecule has 0 fully saturated rings. The summed E-state index contributed by atoms with van der Waals surface area (Å²) in [5.41, 5.74) is 6.22. The zero-order chi connectivity index (χ0) is 18.4. The molecule has 0 saturated heterocycles. The minimum Gasteiger partial charge on any atom is -0.265 e. The van der Waals surface area contributed by atoms with Crippen molar-refractivity contribution in [2.24, 2.45) is 0 Å². The Balaban J connectivity index is 2.05. The van der Waals surface area contributed by atoms with Gasteiger partial charge in [-0.05, 0) is 57.0 Å². The molecule has 0 aliphatic carbocycles. The van der Waals surface area contributed by atoms with E-state index in [0.717, 1.165) is 39.1 Å². The zero-order valence-electron chi connectivity index (χ0n) is 15.3. The van der Waals surface area contributed by atoms with Crippen molar-refractivity contribution in [1.82, 2.24) is 19.6 Å². The van der Waals surface area contributed by atoms with Gasteiger partial charge in [0.1, 0.15) is 5.52 Å². The number of rotatable bonds is 2. The van der Waals surface area contributed by atoms with Gasteiger partial charge in [0.15, 0.2) is 0 Å². The second kappa shape index (κ2) is 5.95. The zero-order valence-corrected chi connectivity index (χ0v) is 15.3. The molecule has 26 heavy (non-hydrogen) atoms. The molecule has 0 aliphatic rings. The molecular formula is C21H20N4O. The number of benzene rings is 2. The highest BCUT2D eigenvalue weighted by molar-refractivity contribution is 5.81. The summed E-state index contributed by atoms with van der Waals surface area (Å²) in [4.78, 5) is 13.3. The summed E-state index contributed by atoms with van der Waals surface area (Å²) < 4.78 is 3.19. The molecule has 4 rings (SSSR count). The molecule has 0 saturated carbocycles. The van der Waals surface area contributed by atoms with E-state index < -0.39 is 0 Å². The number of aryl methyl sites for hydroxylation is 3. The van der Waals surface area contributed by atoms with Crippen molar-refractivity contribution in [3.05, 3.63) is 81.4 Å². The van der Waals surface area contributed by atoms with E-state index in [-0.39, 0.29) is 5.56 Å². The van der Waals surface area contributed by atoms with Gasteiger partial charge in [0.2, 0.25) is 0 Å². The lowest BCUT2D eigenvalue weighted by Gasteiger charge is -2.11. The summed E-state index contributed by atoms with van der Waals surface area (Å²) in [7, 11) is 0. The molecule has 130 valence electrons. The van der Waals surface area contributed by atoms with E-state index in [2.05, 4.69) is 23.2 Å². The monoisotopic (exact) mass is 344 g/mol. The van der Waals surface area contributed by atoms with Crippen molar-refractivity contribution in [2.75, 3.05) is 0 Å². The van der Waals surface area contributed by atoms with E-state index in [1.807, 2.05) is 57.2 Å². The lowest BCUT2D eigenvalue weighted by molar-refractivity contribution is 0.789. The van der Waals surface area contributed by atoms with Crippen molar-refractivity contribution >= 4 is 10.9 Å². The highest BCUT2D eigenvalue weighted by Crippen LogP contribution is 2.22. The predicted octanol–water partition coefficient (Wildman–Crippen LogP) is 3.81. The minimum atomic E-state index is -0.173. The van der Waals surface area contributed by atoms with Gasteiger partial charge in [-0.25, -0.2) is 4.68 Å². The molecular weight excluding hydrogens is 324 g/mol. The van der Waals surface area contributed by atoms with Crippen molar-refractivity contribution in [2.45, 2.75) is 27.7 Å². The Labute approximate surface area is 151 Å². The van der Waals surface area contributed by atoms with Crippen LogP contribution in [0.25, 0.3) is 22.3 Å². The molecule has 0 amide bonds. The fraction of sp³-hybridized carbons (Fsp3) is 0.190. The average molecular weight is 344 g/mol. The maximum absolute atomic E-state index is 13.3. The van der Waals surface area contributed by atoms with E-state index in [4.69, 9.17) is 0 Å². The van der Waals surface area contributed by atoms with Crippen LogP contribution in [0.2, 0.25) is 0 Å². The van der Waals surface area contributed by atoms with Crippen LogP contribution in [0.4, 0.5) is 0 Å². The number of nitrogens with zero attached hydrogens (tertiary/aromatic N) is 4. The van der Waals surface area contributed by atoms with E-state index in [1.54, 1.807) is 10.9 Å². The van der Waals surface area contributed by atoms with Crippen molar-refractivity contribution in [1.29, 1.82) is 0 Å². The molecule has 5 nitrogen and oxygen atoms in total. The van der Waals surface area contributed by atoms with Gasteiger partial charge in [0.05, 0.1) is 23.3 Å². The summed E-state index contributed by atoms with van der Waals surface area (Å²) in [6.07, 6.45) is 1.72. The smallest absolute Gasteiger partial charge is 0.265 e. The van der Waals surface area contributed by atoms with Crippen LogP contribution >= 0.6 is 0 Å². The Morgan fingerprint density at radius 1 is 0.885 bits per heavy atom. The summed E-state index contributed by atoms with van der Waals surface area (Å²) >= 11 is 0. The Kier molecular flexibility index (Phi) is 3.72. The second-order valence-corrected chi connectivity index (χ2v) is 6.68. The van der Waals surface area contributed by atoms with Crippen molar-refractivity contribution in [3.63, 3.8) is 0 Å². The Morgan fingerprint density at radius 3 is 2.35 bits per heavy atom. The fourth-order valence-corrected chi connectivity index (χ4v) is 3.18. The number of aromatic nitrogens is 4. The Morgan fingerprint density at radius 2 is 1.62 bits per heavy atom. The Hall–Kier alpha value is -3.21. The number of fused-ring (bicyclic) bond motifs is 1. The minimum absolute atomic E-state index is 0.173. The quantitative estimate of drug-likeness (QED) is 0.556. The van der Waals surface area contributed by atoms with Crippen LogP contribution in [0, 0.1) is 27.7 Å². The molecule has 2 heterocycles. The van der Waals surface area contributed by atoms with E-state index in [0.29, 0.717) is 5.52 Å². The first-order valence-corrected chi connectivity index (χ1v) is 8.58. The maximum atomic E-state index is 13.3. The summed E-state index contributed by atoms with van der Waals surface area (Å²) in [5.74, 6) is 0. The normalized spacial score (nSPS) is 11.2. The average Bonchev–Trinajstić information content (AvgIpc) is 3.07. The van der Waals surface area contributed by atoms with Crippen LogP contribution in [0.1, 0.15) is 22.4 Å². The third-order valence-electron chi connectivity index (χ3n) is 4.89. The second-order valence-electron chi connectivity index (χ2n) is 6.68. The highest BCUT2D eigenvalue weighted by Gasteiger charge is 2.17. The standard InChI is InChI=1S/C21H20N4O/c1-13-8-10-17(11-9-13)24-21(26)20-18(16(4)23-24)12-22-25(20)19-7-5-6-14(2)15(19)3/h5-12H,1-4H3. The summed E-state index contributed by atoms with van der Waals surface area (Å²) in [6.45, 7) is 8.03. The predicted molar refractivity (Wildman–Crippen MR) is 103 cm³/mol. The topological polar surface area (TPSA) is 52.7 Å². The molecule has 0 atom stereocenters. The molecule has 0 aliphatic heterocycles.